The second-order valence-electron chi connectivity index (χ2n) is 4.65. The summed E-state index contributed by atoms with van der Waals surface area (Å²) in [5.74, 6) is 1.22. The van der Waals surface area contributed by atoms with Crippen molar-refractivity contribution in [2.75, 3.05) is 0 Å². The van der Waals surface area contributed by atoms with Crippen LogP contribution in [0, 0.1) is 0 Å². The van der Waals surface area contributed by atoms with Gasteiger partial charge >= 0.3 is 0 Å². The minimum Gasteiger partial charge on any atom is -0.309 e. The molecule has 18 heavy (non-hydrogen) atoms. The summed E-state index contributed by atoms with van der Waals surface area (Å²) in [5, 5.41) is 0. The number of hydrogen-bond acceptors (Lipinski definition) is 2. The molecule has 1 aromatic carbocycles. The molecular formula is C14H13BrN2O. The van der Waals surface area contributed by atoms with Crippen LogP contribution in [0.2, 0.25) is 0 Å². The molecule has 0 radical (unpaired) electrons. The number of nitrogens with one attached hydrogen (secondary N) is 1. The molecular weight excluding hydrogens is 292 g/mol. The van der Waals surface area contributed by atoms with E-state index >= 15 is 0 Å². The molecule has 3 rings (SSSR count). The molecule has 0 bridgehead atoms. The van der Waals surface area contributed by atoms with E-state index in [0.717, 1.165) is 29.9 Å². The summed E-state index contributed by atoms with van der Waals surface area (Å²) in [6, 6.07) is 10.1. The minimum absolute atomic E-state index is 0.0715. The number of aromatic nitrogens is 2. The van der Waals surface area contributed by atoms with E-state index in [1.54, 1.807) is 0 Å². The van der Waals surface area contributed by atoms with Gasteiger partial charge in [0.05, 0.1) is 5.69 Å². The van der Waals surface area contributed by atoms with Crippen LogP contribution in [0.3, 0.4) is 0 Å². The first-order valence-corrected chi connectivity index (χ1v) is 6.86. The second-order valence-corrected chi connectivity index (χ2v) is 5.44. The van der Waals surface area contributed by atoms with Gasteiger partial charge in [-0.3, -0.25) is 4.79 Å². The minimum atomic E-state index is -0.0715. The van der Waals surface area contributed by atoms with Crippen LogP contribution in [0.15, 0.2) is 39.6 Å². The van der Waals surface area contributed by atoms with Crippen LogP contribution in [-0.2, 0) is 6.42 Å². The second kappa shape index (κ2) is 4.69. The number of hydrogen-bond donors (Lipinski definition) is 1. The zero-order chi connectivity index (χ0) is 12.5. The highest BCUT2D eigenvalue weighted by atomic mass is 79.9. The zero-order valence-electron chi connectivity index (χ0n) is 9.82. The van der Waals surface area contributed by atoms with Crippen molar-refractivity contribution in [2.45, 2.75) is 25.2 Å². The standard InChI is InChI=1S/C14H13BrN2O/c15-12-13(10-6-7-10)16-11(17-14(12)18)8-9-4-2-1-3-5-9/h1-5,10H,6-8H2,(H,16,17,18). The predicted octanol–water partition coefficient (Wildman–Crippen LogP) is 3.00. The van der Waals surface area contributed by atoms with Gasteiger partial charge in [0.2, 0.25) is 0 Å². The average molecular weight is 305 g/mol. The first-order valence-electron chi connectivity index (χ1n) is 6.06. The molecule has 2 aromatic rings. The summed E-state index contributed by atoms with van der Waals surface area (Å²) >= 11 is 3.33. The molecule has 1 heterocycles. The molecule has 1 N–H and O–H groups in total. The zero-order valence-corrected chi connectivity index (χ0v) is 11.4. The van der Waals surface area contributed by atoms with Crippen LogP contribution < -0.4 is 5.56 Å². The first kappa shape index (κ1) is 11.7. The summed E-state index contributed by atoms with van der Waals surface area (Å²) in [4.78, 5) is 19.3. The lowest BCUT2D eigenvalue weighted by Crippen LogP contribution is -2.15. The largest absolute Gasteiger partial charge is 0.309 e. The van der Waals surface area contributed by atoms with Crippen molar-refractivity contribution in [1.29, 1.82) is 0 Å². The molecule has 1 aliphatic rings. The summed E-state index contributed by atoms with van der Waals surface area (Å²) in [6.07, 6.45) is 2.95. The lowest BCUT2D eigenvalue weighted by molar-refractivity contribution is 0.871. The van der Waals surface area contributed by atoms with Crippen LogP contribution in [-0.4, -0.2) is 9.97 Å². The average Bonchev–Trinajstić information content (AvgIpc) is 3.19. The lowest BCUT2D eigenvalue weighted by Gasteiger charge is -2.05. The molecule has 0 atom stereocenters. The van der Waals surface area contributed by atoms with Crippen molar-refractivity contribution >= 4 is 15.9 Å². The van der Waals surface area contributed by atoms with E-state index in [-0.39, 0.29) is 5.56 Å². The van der Waals surface area contributed by atoms with E-state index in [1.165, 1.54) is 0 Å². The smallest absolute Gasteiger partial charge is 0.265 e. The Morgan fingerprint density at radius 1 is 1.28 bits per heavy atom. The van der Waals surface area contributed by atoms with Gasteiger partial charge in [-0.05, 0) is 34.3 Å². The SMILES string of the molecule is O=c1[nH]c(Cc2ccccc2)nc(C2CC2)c1Br. The molecule has 0 amide bonds. The maximum atomic E-state index is 11.8. The molecule has 0 unspecified atom stereocenters. The van der Waals surface area contributed by atoms with Crippen molar-refractivity contribution in [1.82, 2.24) is 9.97 Å². The highest BCUT2D eigenvalue weighted by Crippen LogP contribution is 2.41. The third-order valence-corrected chi connectivity index (χ3v) is 3.88. The van der Waals surface area contributed by atoms with Gasteiger partial charge in [-0.15, -0.1) is 0 Å². The topological polar surface area (TPSA) is 45.8 Å². The summed E-state index contributed by atoms with van der Waals surface area (Å²) in [6.45, 7) is 0. The Hall–Kier alpha value is -1.42. The third kappa shape index (κ3) is 2.38. The lowest BCUT2D eigenvalue weighted by atomic mass is 10.1. The Labute approximate surface area is 113 Å². The van der Waals surface area contributed by atoms with Crippen LogP contribution in [0.25, 0.3) is 0 Å². The number of halogens is 1. The quantitative estimate of drug-likeness (QED) is 0.947. The highest BCUT2D eigenvalue weighted by molar-refractivity contribution is 9.10. The van der Waals surface area contributed by atoms with E-state index < -0.39 is 0 Å². The fourth-order valence-corrected chi connectivity index (χ4v) is 2.54. The number of aromatic amines is 1. The summed E-state index contributed by atoms with van der Waals surface area (Å²) < 4.78 is 0.599. The molecule has 4 heteroatoms. The van der Waals surface area contributed by atoms with E-state index in [1.807, 2.05) is 30.3 Å². The number of rotatable bonds is 3. The van der Waals surface area contributed by atoms with E-state index in [2.05, 4.69) is 25.9 Å². The van der Waals surface area contributed by atoms with Crippen molar-refractivity contribution in [3.8, 4) is 0 Å². The molecule has 1 aliphatic carbocycles. The molecule has 0 spiro atoms. The molecule has 0 saturated heterocycles. The van der Waals surface area contributed by atoms with Gasteiger partial charge in [-0.2, -0.15) is 0 Å². The molecule has 1 saturated carbocycles. The summed E-state index contributed by atoms with van der Waals surface area (Å²) in [7, 11) is 0. The third-order valence-electron chi connectivity index (χ3n) is 3.12. The Bertz CT molecular complexity index is 617. The van der Waals surface area contributed by atoms with E-state index in [9.17, 15) is 4.79 Å². The van der Waals surface area contributed by atoms with Gasteiger partial charge in [0.25, 0.3) is 5.56 Å². The van der Waals surface area contributed by atoms with E-state index in [0.29, 0.717) is 16.8 Å². The van der Waals surface area contributed by atoms with Crippen molar-refractivity contribution < 1.29 is 0 Å². The molecule has 1 aromatic heterocycles. The Morgan fingerprint density at radius 3 is 2.67 bits per heavy atom. The number of benzene rings is 1. The van der Waals surface area contributed by atoms with Crippen LogP contribution in [0.1, 0.15) is 35.8 Å². The number of nitrogens with zero attached hydrogens (tertiary/aromatic N) is 1. The van der Waals surface area contributed by atoms with Gasteiger partial charge in [-0.1, -0.05) is 30.3 Å². The normalized spacial score (nSPS) is 14.7. The van der Waals surface area contributed by atoms with Gasteiger partial charge in [0, 0.05) is 12.3 Å². The van der Waals surface area contributed by atoms with Crippen molar-refractivity contribution in [2.24, 2.45) is 0 Å². The maximum absolute atomic E-state index is 11.8. The molecule has 1 fully saturated rings. The summed E-state index contributed by atoms with van der Waals surface area (Å²) in [5.41, 5.74) is 2.01. The molecule has 3 nitrogen and oxygen atoms in total. The van der Waals surface area contributed by atoms with Crippen molar-refractivity contribution in [3.05, 3.63) is 62.2 Å². The predicted molar refractivity (Wildman–Crippen MR) is 73.8 cm³/mol. The van der Waals surface area contributed by atoms with Crippen LogP contribution >= 0.6 is 15.9 Å². The van der Waals surface area contributed by atoms with E-state index in [4.69, 9.17) is 0 Å². The molecule has 92 valence electrons. The van der Waals surface area contributed by atoms with Crippen molar-refractivity contribution in [3.63, 3.8) is 0 Å². The van der Waals surface area contributed by atoms with Gasteiger partial charge < -0.3 is 4.98 Å². The maximum Gasteiger partial charge on any atom is 0.265 e. The van der Waals surface area contributed by atoms with Crippen LogP contribution in [0.5, 0.6) is 0 Å². The Kier molecular flexibility index (Phi) is 3.04. The van der Waals surface area contributed by atoms with Gasteiger partial charge in [0.1, 0.15) is 10.3 Å². The van der Waals surface area contributed by atoms with Gasteiger partial charge in [0.15, 0.2) is 0 Å². The Morgan fingerprint density at radius 2 is 2.00 bits per heavy atom. The monoisotopic (exact) mass is 304 g/mol. The Balaban J connectivity index is 1.95. The first-order chi connectivity index (χ1) is 8.74. The molecule has 0 aliphatic heterocycles. The van der Waals surface area contributed by atoms with Gasteiger partial charge in [-0.25, -0.2) is 4.98 Å². The van der Waals surface area contributed by atoms with Crippen LogP contribution in [0.4, 0.5) is 0 Å². The highest BCUT2D eigenvalue weighted by Gasteiger charge is 2.28. The number of H-pyrrole nitrogens is 1. The fourth-order valence-electron chi connectivity index (χ4n) is 2.02. The fraction of sp³-hybridized carbons (Fsp3) is 0.286.